The van der Waals surface area contributed by atoms with Gasteiger partial charge in [0.25, 0.3) is 10.0 Å². The highest BCUT2D eigenvalue weighted by Gasteiger charge is 2.34. The number of carbonyl (C=O) groups excluding carboxylic acids is 2. The Balaban J connectivity index is 1.74. The van der Waals surface area contributed by atoms with Crippen molar-refractivity contribution in [3.8, 4) is 11.5 Å². The van der Waals surface area contributed by atoms with E-state index in [-0.39, 0.29) is 34.8 Å². The van der Waals surface area contributed by atoms with Crippen molar-refractivity contribution in [2.75, 3.05) is 25.1 Å². The van der Waals surface area contributed by atoms with E-state index in [2.05, 4.69) is 5.32 Å². The number of hydrogen-bond donors (Lipinski definition) is 1. The standard InChI is InChI=1S/C32H39N3O6S/c1-23-14-17-28(18-15-23)42(38,39)35(29-20-27(40-3)16-19-30(29)41-4)22-31(36)34(21-25-10-6-5-7-11-25)24(2)32(37)33-26-12-8-9-13-26/h5-7,10-11,14-20,24,26H,8-9,12-13,21-22H2,1-4H3,(H,33,37)/t24-/m0/s1. The molecule has 10 heteroatoms. The molecule has 3 aromatic carbocycles. The van der Waals surface area contributed by atoms with Gasteiger partial charge in [0.15, 0.2) is 0 Å². The zero-order valence-electron chi connectivity index (χ0n) is 24.6. The lowest BCUT2D eigenvalue weighted by Crippen LogP contribution is -2.52. The van der Waals surface area contributed by atoms with Crippen molar-refractivity contribution in [2.45, 2.75) is 63.1 Å². The number of nitrogens with one attached hydrogen (secondary N) is 1. The molecule has 1 fully saturated rings. The molecule has 0 aliphatic heterocycles. The topological polar surface area (TPSA) is 105 Å². The van der Waals surface area contributed by atoms with Crippen LogP contribution in [-0.2, 0) is 26.2 Å². The normalized spacial score (nSPS) is 14.2. The first kappa shape index (κ1) is 30.9. The van der Waals surface area contributed by atoms with E-state index in [0.717, 1.165) is 41.1 Å². The maximum Gasteiger partial charge on any atom is 0.264 e. The molecule has 0 radical (unpaired) electrons. The van der Waals surface area contributed by atoms with Crippen LogP contribution in [0.1, 0.15) is 43.7 Å². The molecule has 1 aliphatic rings. The Morgan fingerprint density at radius 1 is 0.952 bits per heavy atom. The molecule has 3 aromatic rings. The van der Waals surface area contributed by atoms with Gasteiger partial charge in [0, 0.05) is 18.7 Å². The molecule has 2 amide bonds. The molecule has 1 aliphatic carbocycles. The van der Waals surface area contributed by atoms with E-state index in [1.165, 1.54) is 37.3 Å². The Bertz CT molecular complexity index is 1470. The van der Waals surface area contributed by atoms with Crippen molar-refractivity contribution in [1.29, 1.82) is 0 Å². The van der Waals surface area contributed by atoms with Crippen molar-refractivity contribution in [3.05, 3.63) is 83.9 Å². The third-order valence-electron chi connectivity index (χ3n) is 7.61. The van der Waals surface area contributed by atoms with Gasteiger partial charge in [0.05, 0.1) is 24.8 Å². The molecule has 0 saturated heterocycles. The SMILES string of the molecule is COc1ccc(OC)c(N(CC(=O)N(Cc2ccccc2)[C@@H](C)C(=O)NC2CCCC2)S(=O)(=O)c2ccc(C)cc2)c1. The Morgan fingerprint density at radius 3 is 2.24 bits per heavy atom. The number of methoxy groups -OCH3 is 2. The second kappa shape index (κ2) is 13.7. The lowest BCUT2D eigenvalue weighted by Gasteiger charge is -2.33. The molecule has 0 unspecified atom stereocenters. The van der Waals surface area contributed by atoms with Gasteiger partial charge >= 0.3 is 0 Å². The summed E-state index contributed by atoms with van der Waals surface area (Å²) in [4.78, 5) is 29.0. The van der Waals surface area contributed by atoms with E-state index >= 15 is 0 Å². The number of nitrogens with zero attached hydrogens (tertiary/aromatic N) is 2. The van der Waals surface area contributed by atoms with E-state index in [0.29, 0.717) is 5.75 Å². The van der Waals surface area contributed by atoms with Crippen molar-refractivity contribution in [3.63, 3.8) is 0 Å². The minimum absolute atomic E-state index is 0.0207. The number of hydrogen-bond acceptors (Lipinski definition) is 6. The number of anilines is 1. The molecule has 0 heterocycles. The third kappa shape index (κ3) is 7.23. The zero-order chi connectivity index (χ0) is 30.3. The van der Waals surface area contributed by atoms with E-state index in [9.17, 15) is 18.0 Å². The van der Waals surface area contributed by atoms with E-state index in [1.807, 2.05) is 37.3 Å². The average molecular weight is 594 g/mol. The Labute approximate surface area is 248 Å². The zero-order valence-corrected chi connectivity index (χ0v) is 25.4. The number of aryl methyl sites for hydroxylation is 1. The summed E-state index contributed by atoms with van der Waals surface area (Å²) in [5, 5.41) is 3.08. The molecule has 1 saturated carbocycles. The summed E-state index contributed by atoms with van der Waals surface area (Å²) in [6.07, 6.45) is 3.92. The van der Waals surface area contributed by atoms with Crippen LogP contribution in [0.2, 0.25) is 0 Å². The average Bonchev–Trinajstić information content (AvgIpc) is 3.51. The first-order valence-electron chi connectivity index (χ1n) is 14.1. The molecule has 0 aromatic heterocycles. The second-order valence-corrected chi connectivity index (χ2v) is 12.4. The summed E-state index contributed by atoms with van der Waals surface area (Å²) < 4.78 is 40.2. The summed E-state index contributed by atoms with van der Waals surface area (Å²) in [5.41, 5.74) is 1.86. The quantitative estimate of drug-likeness (QED) is 0.327. The highest BCUT2D eigenvalue weighted by atomic mass is 32.2. The molecule has 9 nitrogen and oxygen atoms in total. The number of sulfonamides is 1. The highest BCUT2D eigenvalue weighted by molar-refractivity contribution is 7.92. The summed E-state index contributed by atoms with van der Waals surface area (Å²) in [6, 6.07) is 19.7. The van der Waals surface area contributed by atoms with Crippen LogP contribution in [0.15, 0.2) is 77.7 Å². The molecular weight excluding hydrogens is 554 g/mol. The predicted molar refractivity (Wildman–Crippen MR) is 162 cm³/mol. The van der Waals surface area contributed by atoms with Crippen molar-refractivity contribution < 1.29 is 27.5 Å². The molecule has 224 valence electrons. The van der Waals surface area contributed by atoms with Gasteiger partial charge in [0.1, 0.15) is 24.1 Å². The fraction of sp³-hybridized carbons (Fsp3) is 0.375. The molecule has 1 atom stereocenters. The Morgan fingerprint density at radius 2 is 1.62 bits per heavy atom. The Hall–Kier alpha value is -4.05. The van der Waals surface area contributed by atoms with Crippen LogP contribution in [0.5, 0.6) is 11.5 Å². The van der Waals surface area contributed by atoms with Crippen molar-refractivity contribution in [1.82, 2.24) is 10.2 Å². The summed E-state index contributed by atoms with van der Waals surface area (Å²) >= 11 is 0. The van der Waals surface area contributed by atoms with Gasteiger partial charge in [-0.2, -0.15) is 0 Å². The number of rotatable bonds is 12. The molecule has 42 heavy (non-hydrogen) atoms. The molecule has 4 rings (SSSR count). The molecule has 0 spiro atoms. The monoisotopic (exact) mass is 593 g/mol. The summed E-state index contributed by atoms with van der Waals surface area (Å²) in [7, 11) is -1.34. The van der Waals surface area contributed by atoms with Gasteiger partial charge in [-0.1, -0.05) is 60.9 Å². The van der Waals surface area contributed by atoms with Crippen molar-refractivity contribution >= 4 is 27.5 Å². The van der Waals surface area contributed by atoms with Crippen LogP contribution in [-0.4, -0.2) is 58.0 Å². The predicted octanol–water partition coefficient (Wildman–Crippen LogP) is 4.68. The number of carbonyl (C=O) groups is 2. The van der Waals surface area contributed by atoms with Crippen molar-refractivity contribution in [2.24, 2.45) is 0 Å². The maximum atomic E-state index is 14.2. The summed E-state index contributed by atoms with van der Waals surface area (Å²) in [5.74, 6) is -0.153. The number of amides is 2. The molecule has 0 bridgehead atoms. The minimum atomic E-state index is -4.24. The lowest BCUT2D eigenvalue weighted by molar-refractivity contribution is -0.139. The number of ether oxygens (including phenoxy) is 2. The van der Waals surface area contributed by atoms with Gasteiger partial charge in [-0.25, -0.2) is 8.42 Å². The van der Waals surface area contributed by atoms with Crippen LogP contribution in [0.4, 0.5) is 5.69 Å². The highest BCUT2D eigenvalue weighted by Crippen LogP contribution is 2.36. The van der Waals surface area contributed by atoms with Gasteiger partial charge in [-0.3, -0.25) is 13.9 Å². The molecular formula is C32H39N3O6S. The third-order valence-corrected chi connectivity index (χ3v) is 9.38. The van der Waals surface area contributed by atoms with Gasteiger partial charge in [0.2, 0.25) is 11.8 Å². The lowest BCUT2D eigenvalue weighted by atomic mass is 10.1. The van der Waals surface area contributed by atoms with Gasteiger partial charge in [-0.15, -0.1) is 0 Å². The first-order valence-corrected chi connectivity index (χ1v) is 15.5. The van der Waals surface area contributed by atoms with Crippen LogP contribution in [0.25, 0.3) is 0 Å². The largest absolute Gasteiger partial charge is 0.497 e. The summed E-state index contributed by atoms with van der Waals surface area (Å²) in [6.45, 7) is 3.11. The first-order chi connectivity index (χ1) is 20.1. The van der Waals surface area contributed by atoms with Crippen LogP contribution in [0, 0.1) is 6.92 Å². The van der Waals surface area contributed by atoms with E-state index in [4.69, 9.17) is 9.47 Å². The van der Waals surface area contributed by atoms with Crippen LogP contribution >= 0.6 is 0 Å². The fourth-order valence-electron chi connectivity index (χ4n) is 5.10. The minimum Gasteiger partial charge on any atom is -0.497 e. The second-order valence-electron chi connectivity index (χ2n) is 10.5. The van der Waals surface area contributed by atoms with Crippen LogP contribution in [0.3, 0.4) is 0 Å². The fourth-order valence-corrected chi connectivity index (χ4v) is 6.51. The van der Waals surface area contributed by atoms with E-state index in [1.54, 1.807) is 31.2 Å². The van der Waals surface area contributed by atoms with Crippen LogP contribution < -0.4 is 19.1 Å². The number of benzene rings is 3. The maximum absolute atomic E-state index is 14.2. The van der Waals surface area contributed by atoms with Gasteiger partial charge in [-0.05, 0) is 56.5 Å². The molecule has 1 N–H and O–H groups in total. The Kier molecular flexibility index (Phi) is 10.1. The smallest absolute Gasteiger partial charge is 0.264 e. The van der Waals surface area contributed by atoms with E-state index < -0.39 is 28.5 Å². The van der Waals surface area contributed by atoms with Gasteiger partial charge < -0.3 is 19.7 Å².